The summed E-state index contributed by atoms with van der Waals surface area (Å²) < 4.78 is 56.6. The second kappa shape index (κ2) is 4.65. The minimum Gasteiger partial charge on any atom is -0.480 e. The Labute approximate surface area is 87.5 Å². The maximum Gasteiger partial charge on any atom is 0.516 e. The number of alkyl halides is 3. The van der Waals surface area contributed by atoms with Crippen LogP contribution < -0.4 is 10.5 Å². The first-order chi connectivity index (χ1) is 6.97. The van der Waals surface area contributed by atoms with Gasteiger partial charge in [0.2, 0.25) is 5.91 Å². The highest BCUT2D eigenvalue weighted by atomic mass is 32.2. The molecule has 0 aromatic rings. The number of carboxylic acids is 1. The molecular formula is C5H7F3N2O5S. The molecule has 94 valence electrons. The molecule has 11 heteroatoms. The lowest BCUT2D eigenvalue weighted by Crippen LogP contribution is -2.43. The molecule has 0 aliphatic heterocycles. The molecule has 0 spiro atoms. The molecule has 0 bridgehead atoms. The molecule has 1 amide bonds. The standard InChI is InChI=1S/C5H7F3N2O5S/c6-5(7,8)16(14,15)10-3(11)1-2(9)4(12)13/h2H,1,9H2,(H,10,11)(H,12,13)/t2-/m0/s1. The smallest absolute Gasteiger partial charge is 0.480 e. The van der Waals surface area contributed by atoms with Crippen LogP contribution in [0.25, 0.3) is 0 Å². The van der Waals surface area contributed by atoms with E-state index >= 15 is 0 Å². The minimum atomic E-state index is -5.82. The average Bonchev–Trinajstić information content (AvgIpc) is 1.99. The molecule has 0 aliphatic carbocycles. The maximum atomic E-state index is 11.7. The molecule has 0 saturated carbocycles. The van der Waals surface area contributed by atoms with Gasteiger partial charge in [-0.25, -0.2) is 4.72 Å². The van der Waals surface area contributed by atoms with E-state index in [1.807, 2.05) is 0 Å². The molecule has 0 heterocycles. The number of carbonyl (C=O) groups excluding carboxylic acids is 1. The van der Waals surface area contributed by atoms with E-state index in [1.54, 1.807) is 0 Å². The van der Waals surface area contributed by atoms with Crippen molar-refractivity contribution in [3.05, 3.63) is 0 Å². The maximum absolute atomic E-state index is 11.7. The van der Waals surface area contributed by atoms with Gasteiger partial charge in [0.25, 0.3) is 0 Å². The van der Waals surface area contributed by atoms with Crippen LogP contribution in [-0.2, 0) is 19.6 Å². The lowest BCUT2D eigenvalue weighted by atomic mass is 10.2. The van der Waals surface area contributed by atoms with E-state index in [1.165, 1.54) is 0 Å². The van der Waals surface area contributed by atoms with Crippen molar-refractivity contribution >= 4 is 21.9 Å². The highest BCUT2D eigenvalue weighted by Gasteiger charge is 2.47. The van der Waals surface area contributed by atoms with E-state index in [9.17, 15) is 31.2 Å². The van der Waals surface area contributed by atoms with Crippen LogP contribution in [0.2, 0.25) is 0 Å². The van der Waals surface area contributed by atoms with Gasteiger partial charge in [0, 0.05) is 0 Å². The van der Waals surface area contributed by atoms with Crippen LogP contribution in [0, 0.1) is 0 Å². The third-order valence-corrected chi connectivity index (χ3v) is 2.38. The SMILES string of the molecule is N[C@@H](CC(=O)NS(=O)(=O)C(F)(F)F)C(=O)O. The fourth-order valence-corrected chi connectivity index (χ4v) is 1.04. The van der Waals surface area contributed by atoms with Gasteiger partial charge in [0.15, 0.2) is 0 Å². The second-order valence-electron chi connectivity index (χ2n) is 2.62. The van der Waals surface area contributed by atoms with Crippen LogP contribution in [0.3, 0.4) is 0 Å². The molecule has 0 fully saturated rings. The molecule has 1 atom stereocenters. The fourth-order valence-electron chi connectivity index (χ4n) is 0.536. The highest BCUT2D eigenvalue weighted by molar-refractivity contribution is 7.90. The van der Waals surface area contributed by atoms with Gasteiger partial charge in [0.05, 0.1) is 6.42 Å². The number of hydrogen-bond donors (Lipinski definition) is 3. The van der Waals surface area contributed by atoms with Crippen molar-refractivity contribution in [3.63, 3.8) is 0 Å². The first-order valence-corrected chi connectivity index (χ1v) is 5.06. The number of hydrogen-bond acceptors (Lipinski definition) is 5. The summed E-state index contributed by atoms with van der Waals surface area (Å²) in [5.41, 5.74) is -0.834. The first-order valence-electron chi connectivity index (χ1n) is 3.57. The van der Waals surface area contributed by atoms with Crippen LogP contribution in [-0.4, -0.2) is 37.0 Å². The van der Waals surface area contributed by atoms with E-state index in [2.05, 4.69) is 0 Å². The molecule has 7 nitrogen and oxygen atoms in total. The lowest BCUT2D eigenvalue weighted by Gasteiger charge is -2.10. The zero-order valence-electron chi connectivity index (χ0n) is 7.48. The van der Waals surface area contributed by atoms with Crippen molar-refractivity contribution in [1.82, 2.24) is 4.72 Å². The number of halogens is 3. The third-order valence-electron chi connectivity index (χ3n) is 1.28. The van der Waals surface area contributed by atoms with Crippen LogP contribution in [0.5, 0.6) is 0 Å². The Hall–Kier alpha value is -1.36. The molecule has 0 aromatic heterocycles. The minimum absolute atomic E-state index is 0.647. The zero-order valence-corrected chi connectivity index (χ0v) is 8.30. The van der Waals surface area contributed by atoms with Crippen LogP contribution in [0.4, 0.5) is 13.2 Å². The molecule has 0 rings (SSSR count). The Morgan fingerprint density at radius 1 is 1.38 bits per heavy atom. The molecule has 16 heavy (non-hydrogen) atoms. The molecule has 0 aromatic carbocycles. The zero-order chi connectivity index (χ0) is 13.1. The average molecular weight is 264 g/mol. The van der Waals surface area contributed by atoms with Crippen LogP contribution in [0.15, 0.2) is 0 Å². The summed E-state index contributed by atoms with van der Waals surface area (Å²) >= 11 is 0. The number of carboxylic acid groups (broad SMARTS) is 1. The number of nitrogens with one attached hydrogen (secondary N) is 1. The van der Waals surface area contributed by atoms with Gasteiger partial charge in [-0.2, -0.15) is 21.6 Å². The summed E-state index contributed by atoms with van der Waals surface area (Å²) in [7, 11) is -5.82. The Balaban J connectivity index is 4.55. The third kappa shape index (κ3) is 4.02. The van der Waals surface area contributed by atoms with Gasteiger partial charge in [0.1, 0.15) is 6.04 Å². The lowest BCUT2D eigenvalue weighted by molar-refractivity contribution is -0.140. The summed E-state index contributed by atoms with van der Waals surface area (Å²) in [6.45, 7) is 0. The van der Waals surface area contributed by atoms with E-state index in [0.717, 1.165) is 0 Å². The van der Waals surface area contributed by atoms with Gasteiger partial charge >= 0.3 is 21.5 Å². The Bertz CT molecular complexity index is 389. The molecule has 0 unspecified atom stereocenters. The summed E-state index contributed by atoms with van der Waals surface area (Å²) in [4.78, 5) is 20.8. The number of amides is 1. The molecule has 0 aliphatic rings. The van der Waals surface area contributed by atoms with Gasteiger partial charge in [-0.15, -0.1) is 0 Å². The van der Waals surface area contributed by atoms with Crippen molar-refractivity contribution in [2.75, 3.05) is 0 Å². The van der Waals surface area contributed by atoms with Crippen LogP contribution >= 0.6 is 0 Å². The quantitative estimate of drug-likeness (QED) is 0.582. The number of rotatable bonds is 4. The van der Waals surface area contributed by atoms with E-state index < -0.39 is 39.9 Å². The molecule has 0 radical (unpaired) electrons. The number of aliphatic carboxylic acids is 1. The highest BCUT2D eigenvalue weighted by Crippen LogP contribution is 2.21. The van der Waals surface area contributed by atoms with Gasteiger partial charge < -0.3 is 10.8 Å². The first kappa shape index (κ1) is 14.6. The predicted octanol–water partition coefficient (Wildman–Crippen LogP) is -1.25. The number of sulfonamides is 1. The van der Waals surface area contributed by atoms with E-state index in [0.29, 0.717) is 4.72 Å². The van der Waals surface area contributed by atoms with Gasteiger partial charge in [-0.05, 0) is 0 Å². The Morgan fingerprint density at radius 3 is 2.12 bits per heavy atom. The van der Waals surface area contributed by atoms with Crippen molar-refractivity contribution < 1.29 is 36.3 Å². The number of nitrogens with two attached hydrogens (primary N) is 1. The fraction of sp³-hybridized carbons (Fsp3) is 0.600. The monoisotopic (exact) mass is 264 g/mol. The van der Waals surface area contributed by atoms with E-state index in [4.69, 9.17) is 10.8 Å². The Morgan fingerprint density at radius 2 is 1.81 bits per heavy atom. The summed E-state index contributed by atoms with van der Waals surface area (Å²) in [5.74, 6) is -3.29. The van der Waals surface area contributed by atoms with Crippen molar-refractivity contribution in [2.24, 2.45) is 5.73 Å². The summed E-state index contributed by atoms with van der Waals surface area (Å²) in [5, 5.41) is 8.21. The van der Waals surface area contributed by atoms with Crippen molar-refractivity contribution in [2.45, 2.75) is 18.0 Å². The van der Waals surface area contributed by atoms with Crippen molar-refractivity contribution in [1.29, 1.82) is 0 Å². The Kier molecular flexibility index (Phi) is 4.26. The number of carbonyl (C=O) groups is 2. The summed E-state index contributed by atoms with van der Waals surface area (Å²) in [6.07, 6.45) is -1.08. The van der Waals surface area contributed by atoms with Crippen LogP contribution in [0.1, 0.15) is 6.42 Å². The van der Waals surface area contributed by atoms with Gasteiger partial charge in [-0.3, -0.25) is 9.59 Å². The predicted molar refractivity (Wildman–Crippen MR) is 43.3 cm³/mol. The van der Waals surface area contributed by atoms with Crippen molar-refractivity contribution in [3.8, 4) is 0 Å². The molecular weight excluding hydrogens is 257 g/mol. The van der Waals surface area contributed by atoms with Gasteiger partial charge in [-0.1, -0.05) is 0 Å². The van der Waals surface area contributed by atoms with E-state index in [-0.39, 0.29) is 0 Å². The normalized spacial score (nSPS) is 14.2. The topological polar surface area (TPSA) is 127 Å². The second-order valence-corrected chi connectivity index (χ2v) is 4.30. The molecule has 4 N–H and O–H groups in total. The molecule has 0 saturated heterocycles. The summed E-state index contributed by atoms with van der Waals surface area (Å²) in [6, 6.07) is -1.77. The largest absolute Gasteiger partial charge is 0.516 e.